The molecule has 1 aromatic carbocycles. The van der Waals surface area contributed by atoms with Crippen molar-refractivity contribution in [2.24, 2.45) is 0 Å². The number of hydrogen-bond acceptors (Lipinski definition) is 4. The number of rotatable bonds is 5. The molecule has 0 spiro atoms. The summed E-state index contributed by atoms with van der Waals surface area (Å²) in [5.41, 5.74) is 2.30. The molecule has 132 valence electrons. The van der Waals surface area contributed by atoms with Crippen LogP contribution >= 0.6 is 15.9 Å². The number of nitrogens with zero attached hydrogens (tertiary/aromatic N) is 1. The second kappa shape index (κ2) is 7.14. The minimum atomic E-state index is -0.570. The first-order chi connectivity index (χ1) is 12.0. The molecule has 0 saturated carbocycles. The van der Waals surface area contributed by atoms with Crippen LogP contribution in [0.15, 0.2) is 41.1 Å². The van der Waals surface area contributed by atoms with Crippen molar-refractivity contribution in [3.05, 3.63) is 52.3 Å². The number of halogens is 1. The topological polar surface area (TPSA) is 63.2 Å². The third-order valence-electron chi connectivity index (χ3n) is 4.69. The molecule has 1 saturated heterocycles. The standard InChI is InChI=1S/C19H22BrN3O2/c1-12(2)13-6-4-5-7-14(13)19(10-21-11-19)18(24)23-15-9-22-17(20)8-16(15)25-3/h4-9,12,21H,10-11H2,1-3H3,(H,23,24). The average molecular weight is 404 g/mol. The largest absolute Gasteiger partial charge is 0.494 e. The summed E-state index contributed by atoms with van der Waals surface area (Å²) in [7, 11) is 1.58. The summed E-state index contributed by atoms with van der Waals surface area (Å²) in [4.78, 5) is 17.4. The van der Waals surface area contributed by atoms with Crippen molar-refractivity contribution in [2.75, 3.05) is 25.5 Å². The van der Waals surface area contributed by atoms with Crippen molar-refractivity contribution in [2.45, 2.75) is 25.2 Å². The van der Waals surface area contributed by atoms with Gasteiger partial charge in [-0.15, -0.1) is 0 Å². The molecule has 1 aliphatic rings. The third-order valence-corrected chi connectivity index (χ3v) is 5.12. The first-order valence-corrected chi connectivity index (χ1v) is 9.08. The van der Waals surface area contributed by atoms with Gasteiger partial charge < -0.3 is 15.4 Å². The fourth-order valence-corrected chi connectivity index (χ4v) is 3.51. The molecule has 2 aromatic rings. The lowest BCUT2D eigenvalue weighted by atomic mass is 9.71. The first-order valence-electron chi connectivity index (χ1n) is 8.29. The summed E-state index contributed by atoms with van der Waals surface area (Å²) in [6.45, 7) is 5.54. The Kier molecular flexibility index (Phi) is 5.11. The lowest BCUT2D eigenvalue weighted by Crippen LogP contribution is -2.63. The number of carbonyl (C=O) groups is 1. The van der Waals surface area contributed by atoms with Gasteiger partial charge in [-0.1, -0.05) is 38.1 Å². The van der Waals surface area contributed by atoms with Gasteiger partial charge in [-0.2, -0.15) is 0 Å². The molecule has 0 atom stereocenters. The van der Waals surface area contributed by atoms with Gasteiger partial charge in [0.2, 0.25) is 5.91 Å². The highest BCUT2D eigenvalue weighted by atomic mass is 79.9. The van der Waals surface area contributed by atoms with Crippen LogP contribution in [0.5, 0.6) is 5.75 Å². The summed E-state index contributed by atoms with van der Waals surface area (Å²) in [6, 6.07) is 9.93. The Hall–Kier alpha value is -1.92. The number of hydrogen-bond donors (Lipinski definition) is 2. The first kappa shape index (κ1) is 17.9. The Morgan fingerprint density at radius 2 is 2.08 bits per heavy atom. The maximum absolute atomic E-state index is 13.2. The summed E-state index contributed by atoms with van der Waals surface area (Å²) in [5.74, 6) is 0.891. The molecular weight excluding hydrogens is 382 g/mol. The van der Waals surface area contributed by atoms with Gasteiger partial charge in [0, 0.05) is 19.2 Å². The monoisotopic (exact) mass is 403 g/mol. The van der Waals surface area contributed by atoms with Crippen LogP contribution in [-0.4, -0.2) is 31.1 Å². The highest BCUT2D eigenvalue weighted by Crippen LogP contribution is 2.36. The van der Waals surface area contributed by atoms with Gasteiger partial charge in [0.15, 0.2) is 0 Å². The Morgan fingerprint density at radius 1 is 1.36 bits per heavy atom. The maximum Gasteiger partial charge on any atom is 0.237 e. The van der Waals surface area contributed by atoms with Crippen LogP contribution in [0.1, 0.15) is 30.9 Å². The molecule has 2 heterocycles. The van der Waals surface area contributed by atoms with E-state index in [0.717, 1.165) is 5.56 Å². The molecule has 1 fully saturated rings. The van der Waals surface area contributed by atoms with Crippen LogP contribution in [0.2, 0.25) is 0 Å². The number of amides is 1. The van der Waals surface area contributed by atoms with E-state index in [0.29, 0.717) is 35.0 Å². The van der Waals surface area contributed by atoms with Crippen molar-refractivity contribution in [3.8, 4) is 5.75 Å². The van der Waals surface area contributed by atoms with Crippen LogP contribution < -0.4 is 15.4 Å². The van der Waals surface area contributed by atoms with Gasteiger partial charge in [-0.3, -0.25) is 4.79 Å². The molecule has 1 aromatic heterocycles. The minimum Gasteiger partial charge on any atom is -0.494 e. The lowest BCUT2D eigenvalue weighted by molar-refractivity contribution is -0.123. The quantitative estimate of drug-likeness (QED) is 0.750. The molecule has 0 aliphatic carbocycles. The van der Waals surface area contributed by atoms with Crippen LogP contribution in [0.25, 0.3) is 0 Å². The molecule has 3 rings (SSSR count). The van der Waals surface area contributed by atoms with Gasteiger partial charge in [0.25, 0.3) is 0 Å². The number of methoxy groups -OCH3 is 1. The number of aromatic nitrogens is 1. The van der Waals surface area contributed by atoms with Crippen molar-refractivity contribution in [1.29, 1.82) is 0 Å². The van der Waals surface area contributed by atoms with Crippen molar-refractivity contribution in [3.63, 3.8) is 0 Å². The second-order valence-corrected chi connectivity index (χ2v) is 7.40. The smallest absolute Gasteiger partial charge is 0.237 e. The van der Waals surface area contributed by atoms with E-state index in [1.165, 1.54) is 5.56 Å². The van der Waals surface area contributed by atoms with E-state index in [-0.39, 0.29) is 5.91 Å². The second-order valence-electron chi connectivity index (χ2n) is 6.59. The zero-order valence-corrected chi connectivity index (χ0v) is 16.2. The molecule has 5 nitrogen and oxygen atoms in total. The Balaban J connectivity index is 1.95. The summed E-state index contributed by atoms with van der Waals surface area (Å²) in [5, 5.41) is 6.26. The summed E-state index contributed by atoms with van der Waals surface area (Å²) < 4.78 is 6.02. The van der Waals surface area contributed by atoms with Crippen molar-refractivity contribution >= 4 is 27.5 Å². The third kappa shape index (κ3) is 3.28. The van der Waals surface area contributed by atoms with Gasteiger partial charge in [-0.25, -0.2) is 4.98 Å². The van der Waals surface area contributed by atoms with E-state index in [2.05, 4.69) is 57.5 Å². The lowest BCUT2D eigenvalue weighted by Gasteiger charge is -2.43. The average Bonchev–Trinajstić information content (AvgIpc) is 2.55. The molecule has 1 aliphatic heterocycles. The number of benzene rings is 1. The molecule has 0 unspecified atom stereocenters. The normalized spacial score (nSPS) is 15.6. The highest BCUT2D eigenvalue weighted by Gasteiger charge is 2.47. The fourth-order valence-electron chi connectivity index (χ4n) is 3.20. The Bertz CT molecular complexity index is 788. The Labute approximate surface area is 156 Å². The predicted molar refractivity (Wildman–Crippen MR) is 102 cm³/mol. The number of nitrogens with one attached hydrogen (secondary N) is 2. The predicted octanol–water partition coefficient (Wildman–Crippen LogP) is 3.46. The van der Waals surface area contributed by atoms with E-state index in [9.17, 15) is 4.79 Å². The van der Waals surface area contributed by atoms with Gasteiger partial charge in [0.1, 0.15) is 16.0 Å². The summed E-state index contributed by atoms with van der Waals surface area (Å²) >= 11 is 3.32. The van der Waals surface area contributed by atoms with Gasteiger partial charge in [-0.05, 0) is 33.0 Å². The Morgan fingerprint density at radius 3 is 2.68 bits per heavy atom. The molecular formula is C19H22BrN3O2. The number of pyridine rings is 1. The minimum absolute atomic E-state index is 0.0400. The van der Waals surface area contributed by atoms with Crippen molar-refractivity contribution < 1.29 is 9.53 Å². The molecule has 25 heavy (non-hydrogen) atoms. The number of ether oxygens (including phenoxy) is 1. The molecule has 2 N–H and O–H groups in total. The van der Waals surface area contributed by atoms with E-state index in [4.69, 9.17) is 4.74 Å². The highest BCUT2D eigenvalue weighted by molar-refractivity contribution is 9.10. The molecule has 0 radical (unpaired) electrons. The fraction of sp³-hybridized carbons (Fsp3) is 0.368. The van der Waals surface area contributed by atoms with E-state index < -0.39 is 5.41 Å². The zero-order valence-electron chi connectivity index (χ0n) is 14.6. The van der Waals surface area contributed by atoms with Crippen LogP contribution in [-0.2, 0) is 10.2 Å². The SMILES string of the molecule is COc1cc(Br)ncc1NC(=O)C1(c2ccccc2C(C)C)CNC1. The number of anilines is 1. The maximum atomic E-state index is 13.2. The molecule has 0 bridgehead atoms. The zero-order chi connectivity index (χ0) is 18.0. The molecule has 6 heteroatoms. The summed E-state index contributed by atoms with van der Waals surface area (Å²) in [6.07, 6.45) is 1.61. The molecule has 1 amide bonds. The van der Waals surface area contributed by atoms with E-state index in [1.807, 2.05) is 12.1 Å². The van der Waals surface area contributed by atoms with Gasteiger partial charge >= 0.3 is 0 Å². The van der Waals surface area contributed by atoms with Crippen LogP contribution in [0.3, 0.4) is 0 Å². The van der Waals surface area contributed by atoms with Gasteiger partial charge in [0.05, 0.1) is 18.7 Å². The van der Waals surface area contributed by atoms with Crippen LogP contribution in [0.4, 0.5) is 5.69 Å². The van der Waals surface area contributed by atoms with E-state index >= 15 is 0 Å². The number of carbonyl (C=O) groups excluding carboxylic acids is 1. The van der Waals surface area contributed by atoms with Crippen LogP contribution in [0, 0.1) is 0 Å². The van der Waals surface area contributed by atoms with E-state index in [1.54, 1.807) is 19.4 Å². The van der Waals surface area contributed by atoms with Crippen molar-refractivity contribution in [1.82, 2.24) is 10.3 Å².